The van der Waals surface area contributed by atoms with Crippen molar-refractivity contribution < 1.29 is 0 Å². The van der Waals surface area contributed by atoms with Gasteiger partial charge in [-0.25, -0.2) is 0 Å². The Balaban J connectivity index is 1.73. The predicted molar refractivity (Wildman–Crippen MR) is 84.7 cm³/mol. The van der Waals surface area contributed by atoms with Crippen molar-refractivity contribution in [3.63, 3.8) is 0 Å². The number of aromatic nitrogens is 3. The molecule has 1 aliphatic carbocycles. The zero-order chi connectivity index (χ0) is 14.2. The van der Waals surface area contributed by atoms with E-state index >= 15 is 0 Å². The fraction of sp³-hybridized carbons (Fsp3) is 0.625. The topological polar surface area (TPSA) is 42.7 Å². The summed E-state index contributed by atoms with van der Waals surface area (Å²) in [5.74, 6) is 2.19. The van der Waals surface area contributed by atoms with Crippen LogP contribution >= 0.6 is 11.3 Å². The van der Waals surface area contributed by atoms with Gasteiger partial charge in [0.05, 0.1) is 6.04 Å². The summed E-state index contributed by atoms with van der Waals surface area (Å²) in [5.41, 5.74) is 1.41. The smallest absolute Gasteiger partial charge is 0.155 e. The van der Waals surface area contributed by atoms with Crippen molar-refractivity contribution in [1.29, 1.82) is 0 Å². The first-order chi connectivity index (χ1) is 10.3. The quantitative estimate of drug-likeness (QED) is 0.924. The summed E-state index contributed by atoms with van der Waals surface area (Å²) in [5, 5.41) is 14.8. The van der Waals surface area contributed by atoms with E-state index in [0.717, 1.165) is 24.6 Å². The lowest BCUT2D eigenvalue weighted by molar-refractivity contribution is 0.333. The Hall–Kier alpha value is -1.20. The molecule has 1 fully saturated rings. The number of rotatable bonds is 2. The average molecular weight is 302 g/mol. The molecule has 4 rings (SSSR count). The highest BCUT2D eigenvalue weighted by molar-refractivity contribution is 7.10. The van der Waals surface area contributed by atoms with E-state index in [-0.39, 0.29) is 6.04 Å². The van der Waals surface area contributed by atoms with Crippen LogP contribution in [0.15, 0.2) is 11.4 Å². The molecule has 1 unspecified atom stereocenters. The molecule has 0 spiro atoms. The zero-order valence-corrected chi connectivity index (χ0v) is 13.3. The van der Waals surface area contributed by atoms with Gasteiger partial charge in [0.15, 0.2) is 5.82 Å². The predicted octanol–water partition coefficient (Wildman–Crippen LogP) is 3.39. The molecule has 0 aromatic carbocycles. The van der Waals surface area contributed by atoms with E-state index < -0.39 is 0 Å². The highest BCUT2D eigenvalue weighted by atomic mass is 32.1. The van der Waals surface area contributed by atoms with Crippen molar-refractivity contribution in [2.24, 2.45) is 0 Å². The van der Waals surface area contributed by atoms with Crippen molar-refractivity contribution in [2.45, 2.75) is 57.5 Å². The summed E-state index contributed by atoms with van der Waals surface area (Å²) in [7, 11) is 0. The summed E-state index contributed by atoms with van der Waals surface area (Å²) in [6.45, 7) is 3.14. The Morgan fingerprint density at radius 2 is 2.10 bits per heavy atom. The van der Waals surface area contributed by atoms with E-state index in [1.54, 1.807) is 0 Å². The maximum absolute atomic E-state index is 4.55. The van der Waals surface area contributed by atoms with Crippen LogP contribution in [-0.2, 0) is 6.42 Å². The van der Waals surface area contributed by atoms with E-state index in [9.17, 15) is 0 Å². The van der Waals surface area contributed by atoms with Crippen molar-refractivity contribution in [2.75, 3.05) is 6.54 Å². The summed E-state index contributed by atoms with van der Waals surface area (Å²) < 4.78 is 2.42. The van der Waals surface area contributed by atoms with Gasteiger partial charge in [-0.2, -0.15) is 0 Å². The van der Waals surface area contributed by atoms with E-state index in [1.165, 1.54) is 42.5 Å². The van der Waals surface area contributed by atoms with Crippen LogP contribution in [0.3, 0.4) is 0 Å². The number of fused-ring (bicyclic) bond motifs is 1. The molecule has 2 aromatic heterocycles. The third kappa shape index (κ3) is 2.32. The van der Waals surface area contributed by atoms with Gasteiger partial charge >= 0.3 is 0 Å². The van der Waals surface area contributed by atoms with Gasteiger partial charge < -0.3 is 9.88 Å². The fourth-order valence-corrected chi connectivity index (χ4v) is 4.78. The van der Waals surface area contributed by atoms with Gasteiger partial charge in [0.1, 0.15) is 5.82 Å². The van der Waals surface area contributed by atoms with Crippen LogP contribution in [0.25, 0.3) is 0 Å². The van der Waals surface area contributed by atoms with Gasteiger partial charge in [-0.3, -0.25) is 0 Å². The minimum Gasteiger partial charge on any atom is -0.310 e. The Bertz CT molecular complexity index is 624. The zero-order valence-electron chi connectivity index (χ0n) is 12.5. The Labute approximate surface area is 129 Å². The Kier molecular flexibility index (Phi) is 3.55. The first kappa shape index (κ1) is 13.5. The minimum absolute atomic E-state index is 0.225. The normalized spacial score (nSPS) is 23.2. The molecule has 3 heterocycles. The molecule has 0 saturated heterocycles. The van der Waals surface area contributed by atoms with Crippen molar-refractivity contribution in [1.82, 2.24) is 20.1 Å². The number of aryl methyl sites for hydroxylation is 1. The first-order valence-corrected chi connectivity index (χ1v) is 8.93. The molecule has 1 N–H and O–H groups in total. The van der Waals surface area contributed by atoms with Crippen LogP contribution in [0.2, 0.25) is 0 Å². The number of thiophene rings is 1. The number of nitrogens with zero attached hydrogens (tertiary/aromatic N) is 3. The van der Waals surface area contributed by atoms with Crippen LogP contribution in [0.1, 0.15) is 66.3 Å². The highest BCUT2D eigenvalue weighted by Crippen LogP contribution is 2.35. The van der Waals surface area contributed by atoms with E-state index in [1.807, 2.05) is 11.3 Å². The van der Waals surface area contributed by atoms with E-state index in [0.29, 0.717) is 6.04 Å². The molecule has 0 radical (unpaired) electrons. The lowest BCUT2D eigenvalue weighted by atomic mass is 9.94. The third-order valence-corrected chi connectivity index (χ3v) is 5.88. The molecule has 2 aliphatic rings. The van der Waals surface area contributed by atoms with Gasteiger partial charge in [0.2, 0.25) is 0 Å². The summed E-state index contributed by atoms with van der Waals surface area (Å²) in [4.78, 5) is 1.51. The second kappa shape index (κ2) is 5.54. The second-order valence-corrected chi connectivity index (χ2v) is 7.20. The molecular weight excluding hydrogens is 280 g/mol. The summed E-state index contributed by atoms with van der Waals surface area (Å²) in [6, 6.07) is 3.07. The van der Waals surface area contributed by atoms with Crippen molar-refractivity contribution in [3.05, 3.63) is 33.5 Å². The average Bonchev–Trinajstić information content (AvgIpc) is 3.14. The summed E-state index contributed by atoms with van der Waals surface area (Å²) >= 11 is 1.87. The van der Waals surface area contributed by atoms with Crippen LogP contribution < -0.4 is 5.32 Å². The second-order valence-electron chi connectivity index (χ2n) is 6.20. The SMILES string of the molecule is Cc1nnc(C2NCCc3sccc32)n1C1CCCCC1. The molecule has 0 bridgehead atoms. The van der Waals surface area contributed by atoms with Crippen LogP contribution in [0.4, 0.5) is 0 Å². The van der Waals surface area contributed by atoms with Crippen LogP contribution in [-0.4, -0.2) is 21.3 Å². The lowest BCUT2D eigenvalue weighted by Crippen LogP contribution is -2.32. The molecule has 2 aromatic rings. The van der Waals surface area contributed by atoms with Crippen molar-refractivity contribution in [3.8, 4) is 0 Å². The molecule has 0 amide bonds. The molecule has 4 nitrogen and oxygen atoms in total. The molecule has 112 valence electrons. The summed E-state index contributed by atoms with van der Waals surface area (Å²) in [6.07, 6.45) is 7.74. The van der Waals surface area contributed by atoms with Crippen LogP contribution in [0.5, 0.6) is 0 Å². The van der Waals surface area contributed by atoms with Gasteiger partial charge in [-0.05, 0) is 43.2 Å². The van der Waals surface area contributed by atoms with Gasteiger partial charge in [-0.15, -0.1) is 21.5 Å². The third-order valence-electron chi connectivity index (χ3n) is 4.88. The van der Waals surface area contributed by atoms with Crippen LogP contribution in [0, 0.1) is 6.92 Å². The maximum Gasteiger partial charge on any atom is 0.155 e. The molecular formula is C16H22N4S. The van der Waals surface area contributed by atoms with E-state index in [2.05, 4.69) is 38.5 Å². The Morgan fingerprint density at radius 3 is 2.95 bits per heavy atom. The van der Waals surface area contributed by atoms with E-state index in [4.69, 9.17) is 0 Å². The maximum atomic E-state index is 4.55. The molecule has 5 heteroatoms. The largest absolute Gasteiger partial charge is 0.310 e. The van der Waals surface area contributed by atoms with Crippen molar-refractivity contribution >= 4 is 11.3 Å². The lowest BCUT2D eigenvalue weighted by Gasteiger charge is -2.29. The molecule has 1 saturated carbocycles. The monoisotopic (exact) mass is 302 g/mol. The molecule has 21 heavy (non-hydrogen) atoms. The first-order valence-electron chi connectivity index (χ1n) is 8.05. The van der Waals surface area contributed by atoms with Gasteiger partial charge in [0, 0.05) is 17.5 Å². The molecule has 1 aliphatic heterocycles. The van der Waals surface area contributed by atoms with Gasteiger partial charge in [-0.1, -0.05) is 19.3 Å². The minimum atomic E-state index is 0.225. The fourth-order valence-electron chi connectivity index (χ4n) is 3.85. The Morgan fingerprint density at radius 1 is 1.24 bits per heavy atom. The van der Waals surface area contributed by atoms with Gasteiger partial charge in [0.25, 0.3) is 0 Å². The highest BCUT2D eigenvalue weighted by Gasteiger charge is 2.30. The number of hydrogen-bond donors (Lipinski definition) is 1. The number of hydrogen-bond acceptors (Lipinski definition) is 4. The molecule has 1 atom stereocenters. The standard InChI is InChI=1S/C16H22N4S/c1-11-18-19-16(20(11)12-5-3-2-4-6-12)15-13-8-10-21-14(13)7-9-17-15/h8,10,12,15,17H,2-7,9H2,1H3. The number of nitrogens with one attached hydrogen (secondary N) is 1.